The molecule has 120 valence electrons. The molecule has 0 saturated carbocycles. The van der Waals surface area contributed by atoms with Crippen molar-refractivity contribution in [2.45, 2.75) is 13.8 Å². The van der Waals surface area contributed by atoms with E-state index in [0.29, 0.717) is 17.9 Å². The van der Waals surface area contributed by atoms with E-state index in [-0.39, 0.29) is 5.57 Å². The first-order valence-electron chi connectivity index (χ1n) is 7.38. The van der Waals surface area contributed by atoms with Crippen molar-refractivity contribution < 1.29 is 19.4 Å². The Labute approximate surface area is 136 Å². The second kappa shape index (κ2) is 7.49. The molecular weight excluding hydrogens is 292 g/mol. The standard InChI is InChI=1S/C19H20O4/c1-4-23-18-9-8-15(10-13(18)2)17(19(20)21)12-14-6-5-7-16(11-14)22-3/h5-12H,4H2,1-3H3,(H,20,21)/b17-12-. The van der Waals surface area contributed by atoms with Crippen molar-refractivity contribution in [2.24, 2.45) is 0 Å². The number of rotatable bonds is 6. The average molecular weight is 312 g/mol. The van der Waals surface area contributed by atoms with Crippen molar-refractivity contribution in [1.82, 2.24) is 0 Å². The van der Waals surface area contributed by atoms with Crippen LogP contribution in [0.4, 0.5) is 0 Å². The normalized spacial score (nSPS) is 11.2. The predicted molar refractivity (Wildman–Crippen MR) is 90.8 cm³/mol. The molecule has 2 aromatic carbocycles. The molecule has 0 spiro atoms. The number of methoxy groups -OCH3 is 1. The molecule has 0 radical (unpaired) electrons. The Bertz CT molecular complexity index is 732. The van der Waals surface area contributed by atoms with Gasteiger partial charge in [-0.25, -0.2) is 4.79 Å². The van der Waals surface area contributed by atoms with Crippen molar-refractivity contribution in [2.75, 3.05) is 13.7 Å². The molecule has 0 aliphatic carbocycles. The van der Waals surface area contributed by atoms with Gasteiger partial charge in [-0.2, -0.15) is 0 Å². The van der Waals surface area contributed by atoms with Gasteiger partial charge in [0.2, 0.25) is 0 Å². The lowest BCUT2D eigenvalue weighted by Crippen LogP contribution is -2.01. The average Bonchev–Trinajstić information content (AvgIpc) is 2.54. The molecule has 1 N–H and O–H groups in total. The minimum atomic E-state index is -0.976. The zero-order valence-electron chi connectivity index (χ0n) is 13.5. The SMILES string of the molecule is CCOc1ccc(/C(=C/c2cccc(OC)c2)C(=O)O)cc1C. The van der Waals surface area contributed by atoms with Gasteiger partial charge in [-0.1, -0.05) is 18.2 Å². The Balaban J connectivity index is 2.44. The van der Waals surface area contributed by atoms with Crippen molar-refractivity contribution in [3.63, 3.8) is 0 Å². The van der Waals surface area contributed by atoms with Crippen LogP contribution in [0, 0.1) is 6.92 Å². The highest BCUT2D eigenvalue weighted by Gasteiger charge is 2.12. The van der Waals surface area contributed by atoms with Gasteiger partial charge < -0.3 is 14.6 Å². The Kier molecular flexibility index (Phi) is 5.41. The van der Waals surface area contributed by atoms with Gasteiger partial charge in [0.1, 0.15) is 11.5 Å². The minimum Gasteiger partial charge on any atom is -0.497 e. The summed E-state index contributed by atoms with van der Waals surface area (Å²) in [5.41, 5.74) is 2.54. The molecule has 0 amide bonds. The summed E-state index contributed by atoms with van der Waals surface area (Å²) < 4.78 is 10.7. The van der Waals surface area contributed by atoms with Crippen LogP contribution in [0.2, 0.25) is 0 Å². The number of aliphatic carboxylic acids is 1. The minimum absolute atomic E-state index is 0.226. The van der Waals surface area contributed by atoms with Crippen molar-refractivity contribution >= 4 is 17.6 Å². The van der Waals surface area contributed by atoms with E-state index < -0.39 is 5.97 Å². The number of benzene rings is 2. The zero-order valence-corrected chi connectivity index (χ0v) is 13.5. The van der Waals surface area contributed by atoms with Gasteiger partial charge in [-0.3, -0.25) is 0 Å². The lowest BCUT2D eigenvalue weighted by atomic mass is 10.0. The van der Waals surface area contributed by atoms with Gasteiger partial charge in [-0.05, 0) is 60.9 Å². The van der Waals surface area contributed by atoms with Crippen LogP contribution >= 0.6 is 0 Å². The number of aryl methyl sites for hydroxylation is 1. The van der Waals surface area contributed by atoms with Gasteiger partial charge >= 0.3 is 5.97 Å². The van der Waals surface area contributed by atoms with Crippen LogP contribution in [0.1, 0.15) is 23.6 Å². The molecule has 4 heteroatoms. The molecule has 2 aromatic rings. The van der Waals surface area contributed by atoms with Crippen molar-refractivity contribution in [3.8, 4) is 11.5 Å². The van der Waals surface area contributed by atoms with E-state index in [1.807, 2.05) is 38.1 Å². The first-order chi connectivity index (χ1) is 11.0. The Morgan fingerprint density at radius 1 is 1.22 bits per heavy atom. The lowest BCUT2D eigenvalue weighted by molar-refractivity contribution is -0.130. The number of ether oxygens (including phenoxy) is 2. The van der Waals surface area contributed by atoms with Gasteiger partial charge in [0.05, 0.1) is 19.3 Å². The first-order valence-corrected chi connectivity index (χ1v) is 7.38. The largest absolute Gasteiger partial charge is 0.497 e. The van der Waals surface area contributed by atoms with E-state index in [1.54, 1.807) is 31.4 Å². The molecular formula is C19H20O4. The maximum atomic E-state index is 11.6. The van der Waals surface area contributed by atoms with Crippen LogP contribution in [-0.2, 0) is 4.79 Å². The molecule has 23 heavy (non-hydrogen) atoms. The fourth-order valence-electron chi connectivity index (χ4n) is 2.30. The highest BCUT2D eigenvalue weighted by atomic mass is 16.5. The molecule has 2 rings (SSSR count). The van der Waals surface area contributed by atoms with Crippen molar-refractivity contribution in [1.29, 1.82) is 0 Å². The third kappa shape index (κ3) is 4.13. The van der Waals surface area contributed by atoms with Gasteiger partial charge in [0, 0.05) is 0 Å². The fourth-order valence-corrected chi connectivity index (χ4v) is 2.30. The summed E-state index contributed by atoms with van der Waals surface area (Å²) in [6.45, 7) is 4.39. The van der Waals surface area contributed by atoms with Gasteiger partial charge in [-0.15, -0.1) is 0 Å². The molecule has 0 unspecified atom stereocenters. The highest BCUT2D eigenvalue weighted by molar-refractivity contribution is 6.20. The molecule has 0 fully saturated rings. The molecule has 0 saturated heterocycles. The highest BCUT2D eigenvalue weighted by Crippen LogP contribution is 2.26. The third-order valence-corrected chi connectivity index (χ3v) is 3.42. The van der Waals surface area contributed by atoms with Crippen molar-refractivity contribution in [3.05, 3.63) is 59.2 Å². The predicted octanol–water partition coefficient (Wildman–Crippen LogP) is 4.03. The number of carboxylic acids is 1. The van der Waals surface area contributed by atoms with E-state index in [4.69, 9.17) is 9.47 Å². The van der Waals surface area contributed by atoms with E-state index in [1.165, 1.54) is 0 Å². The third-order valence-electron chi connectivity index (χ3n) is 3.42. The summed E-state index contributed by atoms with van der Waals surface area (Å²) >= 11 is 0. The number of carboxylic acid groups (broad SMARTS) is 1. The number of hydrogen-bond donors (Lipinski definition) is 1. The van der Waals surface area contributed by atoms with E-state index in [0.717, 1.165) is 16.9 Å². The van der Waals surface area contributed by atoms with Gasteiger partial charge in [0.25, 0.3) is 0 Å². The summed E-state index contributed by atoms with van der Waals surface area (Å²) in [5, 5.41) is 9.55. The van der Waals surface area contributed by atoms with Crippen LogP contribution in [0.25, 0.3) is 11.6 Å². The monoisotopic (exact) mass is 312 g/mol. The fraction of sp³-hybridized carbons (Fsp3) is 0.211. The Hall–Kier alpha value is -2.75. The van der Waals surface area contributed by atoms with Gasteiger partial charge in [0.15, 0.2) is 0 Å². The number of hydrogen-bond acceptors (Lipinski definition) is 3. The summed E-state index contributed by atoms with van der Waals surface area (Å²) in [6.07, 6.45) is 1.64. The van der Waals surface area contributed by atoms with Crippen LogP contribution in [-0.4, -0.2) is 24.8 Å². The zero-order chi connectivity index (χ0) is 16.8. The molecule has 4 nitrogen and oxygen atoms in total. The molecule has 0 aliphatic heterocycles. The van der Waals surface area contributed by atoms with E-state index in [2.05, 4.69) is 0 Å². The second-order valence-electron chi connectivity index (χ2n) is 5.05. The lowest BCUT2D eigenvalue weighted by Gasteiger charge is -2.10. The summed E-state index contributed by atoms with van der Waals surface area (Å²) in [4.78, 5) is 11.6. The first kappa shape index (κ1) is 16.6. The summed E-state index contributed by atoms with van der Waals surface area (Å²) in [5.74, 6) is 0.477. The maximum absolute atomic E-state index is 11.6. The molecule has 0 bridgehead atoms. The van der Waals surface area contributed by atoms with E-state index >= 15 is 0 Å². The smallest absolute Gasteiger partial charge is 0.336 e. The summed E-state index contributed by atoms with van der Waals surface area (Å²) in [7, 11) is 1.58. The Morgan fingerprint density at radius 3 is 2.61 bits per heavy atom. The van der Waals surface area contributed by atoms with E-state index in [9.17, 15) is 9.90 Å². The quantitative estimate of drug-likeness (QED) is 0.646. The molecule has 0 aliphatic rings. The van der Waals surface area contributed by atoms with Crippen LogP contribution in [0.5, 0.6) is 11.5 Å². The van der Waals surface area contributed by atoms with Crippen LogP contribution < -0.4 is 9.47 Å². The Morgan fingerprint density at radius 2 is 2.00 bits per heavy atom. The molecule has 0 aromatic heterocycles. The second-order valence-corrected chi connectivity index (χ2v) is 5.05. The topological polar surface area (TPSA) is 55.8 Å². The molecule has 0 heterocycles. The van der Waals surface area contributed by atoms with Crippen LogP contribution in [0.3, 0.4) is 0 Å². The maximum Gasteiger partial charge on any atom is 0.336 e. The molecule has 0 atom stereocenters. The summed E-state index contributed by atoms with van der Waals surface area (Å²) in [6, 6.07) is 12.7. The number of carbonyl (C=O) groups is 1. The van der Waals surface area contributed by atoms with Crippen LogP contribution in [0.15, 0.2) is 42.5 Å².